The lowest BCUT2D eigenvalue weighted by atomic mass is 10.1. The maximum atomic E-state index is 5.77. The Kier molecular flexibility index (Phi) is 4.09. The van der Waals surface area contributed by atoms with Crippen LogP contribution in [0.5, 0.6) is 5.75 Å². The van der Waals surface area contributed by atoms with E-state index in [-0.39, 0.29) is 6.04 Å². The number of nitrogens with zero attached hydrogens (tertiary/aromatic N) is 1. The van der Waals surface area contributed by atoms with E-state index >= 15 is 0 Å². The number of nitrogens with two attached hydrogens (primary N) is 1. The van der Waals surface area contributed by atoms with E-state index in [1.807, 2.05) is 54.6 Å². The van der Waals surface area contributed by atoms with Crippen molar-refractivity contribution in [1.82, 2.24) is 10.4 Å². The molecule has 0 radical (unpaired) electrons. The highest BCUT2D eigenvalue weighted by molar-refractivity contribution is 5.79. The summed E-state index contributed by atoms with van der Waals surface area (Å²) >= 11 is 0. The Hall–Kier alpha value is -2.43. The van der Waals surface area contributed by atoms with Crippen LogP contribution in [0.2, 0.25) is 0 Å². The molecule has 0 saturated carbocycles. The molecular weight excluding hydrogens is 262 g/mol. The number of fused-ring (bicyclic) bond motifs is 1. The van der Waals surface area contributed by atoms with Gasteiger partial charge in [-0.1, -0.05) is 30.3 Å². The summed E-state index contributed by atoms with van der Waals surface area (Å²) in [5.41, 5.74) is 4.86. The van der Waals surface area contributed by atoms with Gasteiger partial charge in [0, 0.05) is 11.6 Å². The molecule has 3 rings (SSSR count). The standard InChI is InChI=1S/C17H17N3O/c18-20-17(12-21-15-6-2-1-3-7-15)14-8-9-16-13(11-14)5-4-10-19-16/h1-11,17,20H,12,18H2. The first-order valence-electron chi connectivity index (χ1n) is 6.85. The lowest BCUT2D eigenvalue weighted by Gasteiger charge is -2.17. The summed E-state index contributed by atoms with van der Waals surface area (Å²) < 4.78 is 5.77. The SMILES string of the molecule is NNC(COc1ccccc1)c1ccc2ncccc2c1. The van der Waals surface area contributed by atoms with Crippen LogP contribution in [-0.2, 0) is 0 Å². The molecule has 1 atom stereocenters. The molecule has 1 heterocycles. The van der Waals surface area contributed by atoms with Crippen LogP contribution in [0.1, 0.15) is 11.6 Å². The van der Waals surface area contributed by atoms with Crippen molar-refractivity contribution in [3.63, 3.8) is 0 Å². The fourth-order valence-corrected chi connectivity index (χ4v) is 2.25. The third-order valence-corrected chi connectivity index (χ3v) is 3.39. The number of rotatable bonds is 5. The normalized spacial score (nSPS) is 12.2. The zero-order chi connectivity index (χ0) is 14.5. The van der Waals surface area contributed by atoms with Crippen LogP contribution in [0.15, 0.2) is 66.9 Å². The van der Waals surface area contributed by atoms with Crippen LogP contribution in [-0.4, -0.2) is 11.6 Å². The second kappa shape index (κ2) is 6.35. The first kappa shape index (κ1) is 13.5. The number of pyridine rings is 1. The molecular formula is C17H17N3O. The van der Waals surface area contributed by atoms with E-state index in [2.05, 4.69) is 16.5 Å². The molecule has 3 N–H and O–H groups in total. The molecule has 0 bridgehead atoms. The molecule has 0 aliphatic rings. The molecule has 3 aromatic rings. The molecule has 1 aromatic heterocycles. The zero-order valence-corrected chi connectivity index (χ0v) is 11.6. The second-order valence-electron chi connectivity index (χ2n) is 4.80. The topological polar surface area (TPSA) is 60.2 Å². The van der Waals surface area contributed by atoms with E-state index in [1.165, 1.54) is 0 Å². The molecule has 0 aliphatic heterocycles. The predicted molar refractivity (Wildman–Crippen MR) is 83.7 cm³/mol. The number of aromatic nitrogens is 1. The first-order valence-corrected chi connectivity index (χ1v) is 6.85. The van der Waals surface area contributed by atoms with Gasteiger partial charge in [-0.3, -0.25) is 10.8 Å². The highest BCUT2D eigenvalue weighted by atomic mass is 16.5. The number of para-hydroxylation sites is 1. The van der Waals surface area contributed by atoms with Crippen molar-refractivity contribution in [2.45, 2.75) is 6.04 Å². The van der Waals surface area contributed by atoms with Gasteiger partial charge < -0.3 is 4.74 Å². The molecule has 2 aromatic carbocycles. The van der Waals surface area contributed by atoms with Crippen LogP contribution in [0.25, 0.3) is 10.9 Å². The Morgan fingerprint density at radius 3 is 2.71 bits per heavy atom. The van der Waals surface area contributed by atoms with Crippen LogP contribution in [0.4, 0.5) is 0 Å². The summed E-state index contributed by atoms with van der Waals surface area (Å²) in [6, 6.07) is 19.7. The highest BCUT2D eigenvalue weighted by Gasteiger charge is 2.11. The Labute approximate surface area is 123 Å². The summed E-state index contributed by atoms with van der Waals surface area (Å²) in [7, 11) is 0. The summed E-state index contributed by atoms with van der Waals surface area (Å²) in [4.78, 5) is 4.32. The summed E-state index contributed by atoms with van der Waals surface area (Å²) in [5, 5.41) is 1.09. The van der Waals surface area contributed by atoms with Gasteiger partial charge in [0.05, 0.1) is 11.6 Å². The number of nitrogens with one attached hydrogen (secondary N) is 1. The minimum atomic E-state index is -0.0742. The van der Waals surface area contributed by atoms with Gasteiger partial charge in [-0.05, 0) is 35.9 Å². The van der Waals surface area contributed by atoms with Gasteiger partial charge in [0.1, 0.15) is 12.4 Å². The lowest BCUT2D eigenvalue weighted by molar-refractivity contribution is 0.267. The smallest absolute Gasteiger partial charge is 0.119 e. The van der Waals surface area contributed by atoms with Gasteiger partial charge in [-0.25, -0.2) is 5.43 Å². The summed E-state index contributed by atoms with van der Waals surface area (Å²) in [6.07, 6.45) is 1.79. The molecule has 0 aliphatic carbocycles. The number of ether oxygens (including phenoxy) is 1. The minimum absolute atomic E-state index is 0.0742. The van der Waals surface area contributed by atoms with E-state index in [9.17, 15) is 0 Å². The summed E-state index contributed by atoms with van der Waals surface area (Å²) in [6.45, 7) is 0.465. The van der Waals surface area contributed by atoms with Gasteiger partial charge in [0.15, 0.2) is 0 Å². The highest BCUT2D eigenvalue weighted by Crippen LogP contribution is 2.20. The monoisotopic (exact) mass is 279 g/mol. The maximum Gasteiger partial charge on any atom is 0.119 e. The van der Waals surface area contributed by atoms with Gasteiger partial charge >= 0.3 is 0 Å². The van der Waals surface area contributed by atoms with Crippen molar-refractivity contribution in [2.24, 2.45) is 5.84 Å². The third-order valence-electron chi connectivity index (χ3n) is 3.39. The third kappa shape index (κ3) is 3.18. The molecule has 4 nitrogen and oxygen atoms in total. The number of hydrogen-bond donors (Lipinski definition) is 2. The van der Waals surface area contributed by atoms with E-state index < -0.39 is 0 Å². The molecule has 4 heteroatoms. The summed E-state index contributed by atoms with van der Waals surface area (Å²) in [5.74, 6) is 6.50. The molecule has 0 amide bonds. The zero-order valence-electron chi connectivity index (χ0n) is 11.6. The van der Waals surface area contributed by atoms with Crippen LogP contribution in [0, 0.1) is 0 Å². The van der Waals surface area contributed by atoms with Crippen molar-refractivity contribution in [3.8, 4) is 5.75 Å². The molecule has 21 heavy (non-hydrogen) atoms. The van der Waals surface area contributed by atoms with E-state index in [0.717, 1.165) is 22.2 Å². The number of benzene rings is 2. The van der Waals surface area contributed by atoms with Crippen LogP contribution in [0.3, 0.4) is 0 Å². The molecule has 1 unspecified atom stereocenters. The fourth-order valence-electron chi connectivity index (χ4n) is 2.25. The van der Waals surface area contributed by atoms with Crippen LogP contribution < -0.4 is 16.0 Å². The first-order chi connectivity index (χ1) is 10.4. The quantitative estimate of drug-likeness (QED) is 0.557. The van der Waals surface area contributed by atoms with Gasteiger partial charge in [0.2, 0.25) is 0 Å². The Bertz CT molecular complexity index is 715. The molecule has 0 spiro atoms. The number of hydrazine groups is 1. The number of hydrogen-bond acceptors (Lipinski definition) is 4. The van der Waals surface area contributed by atoms with Gasteiger partial charge in [0.25, 0.3) is 0 Å². The van der Waals surface area contributed by atoms with E-state index in [4.69, 9.17) is 10.6 Å². The Morgan fingerprint density at radius 1 is 1.05 bits per heavy atom. The minimum Gasteiger partial charge on any atom is -0.492 e. The average Bonchev–Trinajstić information content (AvgIpc) is 2.56. The van der Waals surface area contributed by atoms with E-state index in [0.29, 0.717) is 6.61 Å². The van der Waals surface area contributed by atoms with Crippen molar-refractivity contribution in [1.29, 1.82) is 0 Å². The second-order valence-corrected chi connectivity index (χ2v) is 4.80. The average molecular weight is 279 g/mol. The van der Waals surface area contributed by atoms with Crippen molar-refractivity contribution >= 4 is 10.9 Å². The fraction of sp³-hybridized carbons (Fsp3) is 0.118. The van der Waals surface area contributed by atoms with Crippen LogP contribution >= 0.6 is 0 Å². The van der Waals surface area contributed by atoms with Crippen molar-refractivity contribution < 1.29 is 4.74 Å². The molecule has 0 saturated heterocycles. The van der Waals surface area contributed by atoms with Crippen molar-refractivity contribution in [3.05, 3.63) is 72.4 Å². The lowest BCUT2D eigenvalue weighted by Crippen LogP contribution is -2.32. The van der Waals surface area contributed by atoms with E-state index in [1.54, 1.807) is 6.20 Å². The Morgan fingerprint density at radius 2 is 1.90 bits per heavy atom. The predicted octanol–water partition coefficient (Wildman–Crippen LogP) is 2.82. The van der Waals surface area contributed by atoms with Gasteiger partial charge in [-0.15, -0.1) is 0 Å². The Balaban J connectivity index is 1.78. The molecule has 0 fully saturated rings. The largest absolute Gasteiger partial charge is 0.492 e. The molecule has 106 valence electrons. The van der Waals surface area contributed by atoms with Gasteiger partial charge in [-0.2, -0.15) is 0 Å². The maximum absolute atomic E-state index is 5.77. The van der Waals surface area contributed by atoms with Crippen molar-refractivity contribution in [2.75, 3.05) is 6.61 Å².